The number of aliphatic hydroxyl groups excluding tert-OH is 2. The first kappa shape index (κ1) is 53.0. The maximum absolute atomic E-state index is 11.3. The van der Waals surface area contributed by atoms with Gasteiger partial charge in [-0.2, -0.15) is 26.3 Å². The molecule has 0 bridgehead atoms. The van der Waals surface area contributed by atoms with Gasteiger partial charge in [0.2, 0.25) is 6.10 Å². The molecule has 362 valence electrons. The van der Waals surface area contributed by atoms with Gasteiger partial charge in [0.1, 0.15) is 18.3 Å². The number of nitrogens with one attached hydrogen (secondary N) is 1. The third kappa shape index (κ3) is 15.2. The molecule has 6 aromatic rings. The number of hydrogen-bond donors (Lipinski definition) is 4. The molecule has 0 aromatic heterocycles. The van der Waals surface area contributed by atoms with Crippen LogP contribution in [0.5, 0.6) is 0 Å². The van der Waals surface area contributed by atoms with Gasteiger partial charge in [0.05, 0.1) is 6.04 Å². The number of anilines is 2. The lowest BCUT2D eigenvalue weighted by molar-refractivity contribution is -0.308. The molecule has 6 aromatic carbocycles. The lowest BCUT2D eigenvalue weighted by Gasteiger charge is -2.30. The molecule has 11 heteroatoms. The molecule has 7 rings (SSSR count). The molecule has 1 heterocycles. The summed E-state index contributed by atoms with van der Waals surface area (Å²) >= 11 is 0. The van der Waals surface area contributed by atoms with Crippen LogP contribution in [-0.4, -0.2) is 28.7 Å². The highest BCUT2D eigenvalue weighted by atomic mass is 19.4. The van der Waals surface area contributed by atoms with E-state index in [4.69, 9.17) is 15.6 Å². The first-order chi connectivity index (χ1) is 31.1. The molecule has 0 saturated carbocycles. The molecule has 1 aliphatic heterocycles. The van der Waals surface area contributed by atoms with Crippen LogP contribution in [0.3, 0.4) is 0 Å². The Bertz CT molecular complexity index is 2230. The minimum absolute atomic E-state index is 0. The molecular formula is C55H72F6N2O3. The minimum Gasteiger partial charge on any atom is -0.398 e. The Morgan fingerprint density at radius 2 is 0.788 bits per heavy atom. The summed E-state index contributed by atoms with van der Waals surface area (Å²) < 4.78 is 71.5. The molecule has 66 heavy (non-hydrogen) atoms. The highest BCUT2D eigenvalue weighted by Gasteiger charge is 2.55. The van der Waals surface area contributed by atoms with Crippen LogP contribution >= 0.6 is 0 Å². The number of rotatable bonds is 11. The Hall–Kier alpha value is -5.62. The summed E-state index contributed by atoms with van der Waals surface area (Å²) in [5, 5.41) is 22.5. The Balaban J connectivity index is 0.000000967. The first-order valence-electron chi connectivity index (χ1n) is 22.3. The average Bonchev–Trinajstić information content (AvgIpc) is 4.10. The lowest BCUT2D eigenvalue weighted by atomic mass is 9.90. The first-order valence-corrected chi connectivity index (χ1v) is 22.3. The summed E-state index contributed by atoms with van der Waals surface area (Å²) in [4.78, 5) is 0. The number of halogens is 6. The molecule has 0 amide bonds. The average molecular weight is 923 g/mol. The van der Waals surface area contributed by atoms with Crippen LogP contribution in [0.25, 0.3) is 0 Å². The highest BCUT2D eigenvalue weighted by Crippen LogP contribution is 2.50. The van der Waals surface area contributed by atoms with Gasteiger partial charge in [-0.3, -0.25) is 0 Å². The van der Waals surface area contributed by atoms with Gasteiger partial charge in [-0.15, -0.1) is 0 Å². The predicted octanol–water partition coefficient (Wildman–Crippen LogP) is 16.3. The van der Waals surface area contributed by atoms with Crippen LogP contribution in [0.2, 0.25) is 0 Å². The highest BCUT2D eigenvalue weighted by molar-refractivity contribution is 5.61. The van der Waals surface area contributed by atoms with Crippen LogP contribution < -0.4 is 11.1 Å². The monoisotopic (exact) mass is 923 g/mol. The van der Waals surface area contributed by atoms with Gasteiger partial charge < -0.3 is 26.0 Å². The molecule has 1 fully saturated rings. The zero-order chi connectivity index (χ0) is 48.8. The van der Waals surface area contributed by atoms with Gasteiger partial charge in [-0.1, -0.05) is 213 Å². The summed E-state index contributed by atoms with van der Waals surface area (Å²) in [7, 11) is 0. The van der Waals surface area contributed by atoms with E-state index in [-0.39, 0.29) is 24.0 Å². The quantitative estimate of drug-likeness (QED) is 0.0590. The topological polar surface area (TPSA) is 91.0 Å². The fraction of sp³-hybridized carbons (Fsp3) is 0.345. The van der Waals surface area contributed by atoms with Crippen molar-refractivity contribution in [1.82, 2.24) is 0 Å². The summed E-state index contributed by atoms with van der Waals surface area (Å²) in [6.07, 6.45) is -15.6. The van der Waals surface area contributed by atoms with E-state index in [1.165, 1.54) is 33.4 Å². The molecule has 5 nitrogen and oxygen atoms in total. The summed E-state index contributed by atoms with van der Waals surface area (Å²) in [5.74, 6) is 1.82. The number of ether oxygens (including phenoxy) is 1. The van der Waals surface area contributed by atoms with Crippen LogP contribution in [-0.2, 0) is 4.74 Å². The van der Waals surface area contributed by atoms with E-state index in [1.54, 1.807) is 0 Å². The van der Waals surface area contributed by atoms with Gasteiger partial charge in [-0.05, 0) is 68.2 Å². The Kier molecular flexibility index (Phi) is 19.5. The third-order valence-corrected chi connectivity index (χ3v) is 11.1. The Morgan fingerprint density at radius 3 is 1.11 bits per heavy atom. The van der Waals surface area contributed by atoms with Gasteiger partial charge in [-0.25, -0.2) is 0 Å². The zero-order valence-electron chi connectivity index (χ0n) is 38.9. The normalized spacial score (nSPS) is 15.5. The Labute approximate surface area is 392 Å². The number of epoxide rings is 1. The van der Waals surface area contributed by atoms with Crippen molar-refractivity contribution in [3.05, 3.63) is 202 Å². The number of benzene rings is 6. The number of hydrogen-bond acceptors (Lipinski definition) is 5. The minimum atomic E-state index is -5.63. The van der Waals surface area contributed by atoms with Crippen molar-refractivity contribution in [2.75, 3.05) is 11.1 Å². The predicted molar refractivity (Wildman–Crippen MR) is 264 cm³/mol. The Morgan fingerprint density at radius 1 is 0.470 bits per heavy atom. The van der Waals surface area contributed by atoms with E-state index < -0.39 is 24.6 Å². The van der Waals surface area contributed by atoms with Crippen molar-refractivity contribution in [1.29, 1.82) is 0 Å². The van der Waals surface area contributed by atoms with Crippen molar-refractivity contribution in [2.45, 2.75) is 122 Å². The van der Waals surface area contributed by atoms with Gasteiger partial charge >= 0.3 is 12.4 Å². The number of nitrogen functional groups attached to an aromatic ring is 1. The standard InChI is InChI=1S/C26H31NO.C14H12O.C12H19N.C3H2F6O.4H2/c1-18(2)22-16-11-17-23(19(3)4)25(22)27-24(20-12-7-5-8-13-20)26(28)21-14-9-6-10-15-21;1-3-7-11(8-4-1)13-14(15-13)12-9-5-2-6-10-12;1-8(2)10-6-5-7-11(9(3)4)12(10)13;4-2(5,6)1(10)3(7,8)9;;;;/h5-19,24,26-28H,1-4H3;1-10,13-14H;5-9H,13H2,1-4H3;1,10H;4*1H/t24-,26-;13-,14+;;;;;;/m1......./s1. The molecule has 0 spiro atoms. The third-order valence-electron chi connectivity index (χ3n) is 11.1. The zero-order valence-corrected chi connectivity index (χ0v) is 38.9. The molecule has 1 saturated heterocycles. The van der Waals surface area contributed by atoms with Crippen molar-refractivity contribution in [3.8, 4) is 0 Å². The van der Waals surface area contributed by atoms with Gasteiger partial charge in [0.25, 0.3) is 0 Å². The van der Waals surface area contributed by atoms with Gasteiger partial charge in [0.15, 0.2) is 0 Å². The number of aliphatic hydroxyl groups is 2. The van der Waals surface area contributed by atoms with E-state index in [0.29, 0.717) is 23.7 Å². The SMILES string of the molecule is CC(C)c1cccc(C(C)C)c1N.CC(C)c1cccc(C(C)C)c1N[C@H](c1ccccc1)[C@H](O)c1ccccc1.OC(C(F)(F)F)C(F)(F)F.[HH].[HH].[HH].[HH].c1ccc([C@H]2O[C@H]2c2ccccc2)cc1. The molecule has 0 unspecified atom stereocenters. The number of para-hydroxylation sites is 2. The van der Waals surface area contributed by atoms with Gasteiger partial charge in [0, 0.05) is 17.1 Å². The summed E-state index contributed by atoms with van der Waals surface area (Å²) in [6, 6.07) is 53.5. The van der Waals surface area contributed by atoms with Crippen molar-refractivity contribution < 1.29 is 47.0 Å². The maximum Gasteiger partial charge on any atom is 0.423 e. The van der Waals surface area contributed by atoms with E-state index in [0.717, 1.165) is 22.5 Å². The molecule has 0 aliphatic carbocycles. The molecule has 4 atom stereocenters. The smallest absolute Gasteiger partial charge is 0.398 e. The second-order valence-electron chi connectivity index (χ2n) is 17.5. The van der Waals surface area contributed by atoms with Crippen LogP contribution in [0.15, 0.2) is 158 Å². The van der Waals surface area contributed by atoms with E-state index in [1.807, 2.05) is 60.7 Å². The van der Waals surface area contributed by atoms with Crippen LogP contribution in [0.1, 0.15) is 154 Å². The van der Waals surface area contributed by atoms with Crippen molar-refractivity contribution in [3.63, 3.8) is 0 Å². The molecule has 5 N–H and O–H groups in total. The molecule has 1 aliphatic rings. The number of nitrogens with two attached hydrogens (primary N) is 1. The van der Waals surface area contributed by atoms with E-state index >= 15 is 0 Å². The summed E-state index contributed by atoms with van der Waals surface area (Å²) in [6.45, 7) is 17.6. The fourth-order valence-electron chi connectivity index (χ4n) is 7.42. The number of alkyl halides is 6. The van der Waals surface area contributed by atoms with Crippen molar-refractivity contribution >= 4 is 11.4 Å². The maximum atomic E-state index is 11.3. The lowest BCUT2D eigenvalue weighted by Crippen LogP contribution is -2.41. The second kappa shape index (κ2) is 24.2. The van der Waals surface area contributed by atoms with Crippen LogP contribution in [0.4, 0.5) is 37.7 Å². The molecule has 0 radical (unpaired) electrons. The van der Waals surface area contributed by atoms with E-state index in [2.05, 4.69) is 158 Å². The molecular weight excluding hydrogens is 851 g/mol. The van der Waals surface area contributed by atoms with E-state index in [9.17, 15) is 31.4 Å². The largest absolute Gasteiger partial charge is 0.423 e. The summed E-state index contributed by atoms with van der Waals surface area (Å²) in [5.41, 5.74) is 17.9. The second-order valence-corrected chi connectivity index (χ2v) is 17.5. The fourth-order valence-corrected chi connectivity index (χ4v) is 7.42. The van der Waals surface area contributed by atoms with Crippen LogP contribution in [0, 0.1) is 0 Å². The van der Waals surface area contributed by atoms with Crippen molar-refractivity contribution in [2.24, 2.45) is 0 Å².